The van der Waals surface area contributed by atoms with E-state index in [1.54, 1.807) is 0 Å². The highest BCUT2D eigenvalue weighted by Crippen LogP contribution is 2.37. The maximum absolute atomic E-state index is 6.88. The van der Waals surface area contributed by atoms with Gasteiger partial charge in [-0.05, 0) is 96.6 Å². The first-order valence-electron chi connectivity index (χ1n) is 27.3. The Morgan fingerprint density at radius 1 is 0.468 bits per heavy atom. The molecule has 3 heterocycles. The van der Waals surface area contributed by atoms with E-state index in [9.17, 15) is 0 Å². The van der Waals surface area contributed by atoms with Crippen molar-refractivity contribution in [1.82, 2.24) is 14.1 Å². The zero-order valence-corrected chi connectivity index (χ0v) is 47.2. The van der Waals surface area contributed by atoms with Crippen LogP contribution in [0.2, 0.25) is 13.1 Å². The van der Waals surface area contributed by atoms with E-state index in [0.717, 1.165) is 67.3 Å². The number of aromatic nitrogens is 4. The van der Waals surface area contributed by atoms with Crippen LogP contribution in [-0.2, 0) is 5.41 Å². The molecule has 3 aromatic heterocycles. The fourth-order valence-electron chi connectivity index (χ4n) is 12.0. The summed E-state index contributed by atoms with van der Waals surface area (Å²) in [6, 6.07) is 97.5. The Labute approximate surface area is 465 Å². The van der Waals surface area contributed by atoms with Crippen molar-refractivity contribution >= 4 is 80.1 Å². The van der Waals surface area contributed by atoms with E-state index >= 15 is 0 Å². The molecule has 0 unspecified atom stereocenters. The Balaban J connectivity index is 0.968. The summed E-state index contributed by atoms with van der Waals surface area (Å²) < 4.78 is 13.7. The van der Waals surface area contributed by atoms with Gasteiger partial charge in [-0.25, -0.2) is 4.98 Å². The second-order valence-corrected chi connectivity index (χ2v) is 30.3. The van der Waals surface area contributed by atoms with Crippen molar-refractivity contribution in [3.05, 3.63) is 285 Å². The number of fused-ring (bicyclic) bond motifs is 4. The summed E-state index contributed by atoms with van der Waals surface area (Å²) in [4.78, 5) is 4.92. The Morgan fingerprint density at radius 3 is 1.72 bits per heavy atom. The molecule has 79 heavy (non-hydrogen) atoms. The molecule has 0 fully saturated rings. The summed E-state index contributed by atoms with van der Waals surface area (Å²) in [6.45, 7) is 11.7. The molecule has 0 saturated carbocycles. The van der Waals surface area contributed by atoms with Crippen LogP contribution in [0.3, 0.4) is 0 Å². The molecule has 0 N–H and O–H groups in total. The molecule has 10 aromatic carbocycles. The second-order valence-electron chi connectivity index (χ2n) is 22.2. The van der Waals surface area contributed by atoms with Crippen LogP contribution in [0.15, 0.2) is 273 Å². The zero-order valence-electron chi connectivity index (χ0n) is 45.2. The van der Waals surface area contributed by atoms with Gasteiger partial charge in [0.15, 0.2) is 8.07 Å². The molecule has 0 aliphatic rings. The zero-order chi connectivity index (χ0) is 53.7. The van der Waals surface area contributed by atoms with Gasteiger partial charge in [0.05, 0.1) is 33.4 Å². The molecule has 0 saturated heterocycles. The van der Waals surface area contributed by atoms with Gasteiger partial charge in [0.1, 0.15) is 25.4 Å². The van der Waals surface area contributed by atoms with Crippen LogP contribution in [0.25, 0.3) is 61.2 Å². The lowest BCUT2D eigenvalue weighted by Crippen LogP contribution is -2.74. The average molecular weight is 1050 g/mol. The van der Waals surface area contributed by atoms with Crippen molar-refractivity contribution in [3.63, 3.8) is 0 Å². The van der Waals surface area contributed by atoms with Crippen LogP contribution in [0.4, 0.5) is 0 Å². The summed E-state index contributed by atoms with van der Waals surface area (Å²) >= 11 is 0. The van der Waals surface area contributed by atoms with Gasteiger partial charge in [0.2, 0.25) is 0 Å². The molecule has 0 aliphatic heterocycles. The largest absolute Gasteiger partial charge is 0.458 e. The topological polar surface area (TPSA) is 35.9 Å². The smallest absolute Gasteiger partial charge is 0.269 e. The molecule has 382 valence electrons. The highest BCUT2D eigenvalue weighted by Gasteiger charge is 2.42. The van der Waals surface area contributed by atoms with Crippen LogP contribution >= 0.6 is 0 Å². The molecule has 13 aromatic rings. The minimum absolute atomic E-state index is 0.0288. The molecular formula is C72H60N4OSi2. The third kappa shape index (κ3) is 8.72. The first-order chi connectivity index (χ1) is 38.6. The number of pyridine rings is 1. The number of benzene rings is 10. The highest BCUT2D eigenvalue weighted by molar-refractivity contribution is 7.20. The molecule has 5 nitrogen and oxygen atoms in total. The maximum atomic E-state index is 6.88. The van der Waals surface area contributed by atoms with Crippen molar-refractivity contribution in [1.29, 1.82) is 0 Å². The van der Waals surface area contributed by atoms with Crippen molar-refractivity contribution in [2.75, 3.05) is 0 Å². The van der Waals surface area contributed by atoms with Crippen LogP contribution < -0.4 is 40.4 Å². The number of hydrogen-bond donors (Lipinski definition) is 0. The summed E-state index contributed by atoms with van der Waals surface area (Å²) in [6.07, 6.45) is 5.91. The predicted octanol–water partition coefficient (Wildman–Crippen LogP) is 13.2. The fourth-order valence-corrected chi connectivity index (χ4v) is 19.5. The van der Waals surface area contributed by atoms with Gasteiger partial charge in [0.25, 0.3) is 6.33 Å². The number of imidazole rings is 1. The van der Waals surface area contributed by atoms with Gasteiger partial charge in [0, 0.05) is 23.0 Å². The molecule has 0 aliphatic carbocycles. The van der Waals surface area contributed by atoms with Gasteiger partial charge in [-0.1, -0.05) is 251 Å². The maximum Gasteiger partial charge on any atom is 0.269 e. The number of nitrogens with zero attached hydrogens (tertiary/aromatic N) is 4. The monoisotopic (exact) mass is 1050 g/mol. The number of ether oxygens (including phenoxy) is 1. The van der Waals surface area contributed by atoms with Gasteiger partial charge >= 0.3 is 0 Å². The van der Waals surface area contributed by atoms with E-state index in [-0.39, 0.29) is 5.41 Å². The molecule has 13 rings (SSSR count). The van der Waals surface area contributed by atoms with Gasteiger partial charge < -0.3 is 4.74 Å². The van der Waals surface area contributed by atoms with Crippen LogP contribution in [0, 0.1) is 6.33 Å². The van der Waals surface area contributed by atoms with E-state index in [0.29, 0.717) is 0 Å². The minimum Gasteiger partial charge on any atom is -0.458 e. The third-order valence-corrected chi connectivity index (χ3v) is 24.3. The standard InChI is InChI=1S/C72H60N4OSi2/c1-72(2,3)53-45-46-73-70(48-53)76-65-39-19-18-37-63(65)64-44-43-56(50-68(64)76)77-55-27-23-26-54(49-55)74-51-75(67-41-21-20-40-66(67)74)71-62(38-24-42-69(71)78(4,5)57-28-10-6-11-29-57)52-25-22-36-61(47-52)79(58-30-12-7-13-31-58,59-32-14-8-15-33-59)60-34-16-9-17-35-60/h6-50H,1-5H3. The van der Waals surface area contributed by atoms with Crippen molar-refractivity contribution in [2.45, 2.75) is 39.3 Å². The molecule has 0 radical (unpaired) electrons. The van der Waals surface area contributed by atoms with E-state index in [2.05, 4.69) is 315 Å². The van der Waals surface area contributed by atoms with Crippen LogP contribution in [-0.4, -0.2) is 30.3 Å². The minimum atomic E-state index is -2.86. The first kappa shape index (κ1) is 49.4. The highest BCUT2D eigenvalue weighted by atomic mass is 28.3. The molecule has 0 spiro atoms. The van der Waals surface area contributed by atoms with E-state index < -0.39 is 16.1 Å². The third-order valence-electron chi connectivity index (χ3n) is 16.0. The Bertz CT molecular complexity index is 4260. The predicted molar refractivity (Wildman–Crippen MR) is 333 cm³/mol. The SMILES string of the molecule is CC(C)(C)c1ccnc(-n2c3ccccc3c3ccc(Oc4cccc(-n5[c-][n+](-c6c(-c7cccc([Si](c8ccccc8)(c8ccccc8)c8ccccc8)c7)cccc6[Si](C)(C)c6ccccc6)c6ccccc65)c4)cc32)c1. The number of hydrogen-bond acceptors (Lipinski definition) is 2. The van der Waals surface area contributed by atoms with E-state index in [4.69, 9.17) is 9.72 Å². The van der Waals surface area contributed by atoms with Gasteiger partial charge in [-0.15, -0.1) is 0 Å². The van der Waals surface area contributed by atoms with E-state index in [1.807, 2.05) is 12.3 Å². The van der Waals surface area contributed by atoms with Crippen LogP contribution in [0.5, 0.6) is 11.5 Å². The molecular weight excluding hydrogens is 993 g/mol. The number of rotatable bonds is 12. The van der Waals surface area contributed by atoms with Crippen molar-refractivity contribution in [3.8, 4) is 39.8 Å². The molecule has 0 bridgehead atoms. The molecule has 0 amide bonds. The fraction of sp³-hybridized carbons (Fsp3) is 0.0833. The molecule has 0 atom stereocenters. The normalized spacial score (nSPS) is 12.1. The second kappa shape index (κ2) is 20.0. The van der Waals surface area contributed by atoms with Crippen molar-refractivity contribution < 1.29 is 9.30 Å². The Kier molecular flexibility index (Phi) is 12.5. The summed E-state index contributed by atoms with van der Waals surface area (Å²) in [5.41, 5.74) is 9.83. The lowest BCUT2D eigenvalue weighted by molar-refractivity contribution is -0.570. The first-order valence-corrected chi connectivity index (χ1v) is 32.3. The Morgan fingerprint density at radius 2 is 1.04 bits per heavy atom. The lowest BCUT2D eigenvalue weighted by Gasteiger charge is -2.35. The van der Waals surface area contributed by atoms with Gasteiger partial charge in [-0.2, -0.15) is 0 Å². The molecule has 7 heteroatoms. The Hall–Kier alpha value is -9.15. The summed E-state index contributed by atoms with van der Waals surface area (Å²) in [5, 5.41) is 10.4. The average Bonchev–Trinajstić information content (AvgIpc) is 4.11. The van der Waals surface area contributed by atoms with Crippen molar-refractivity contribution in [2.24, 2.45) is 0 Å². The number of para-hydroxylation sites is 4. The van der Waals surface area contributed by atoms with Crippen LogP contribution in [0.1, 0.15) is 26.3 Å². The summed E-state index contributed by atoms with van der Waals surface area (Å²) in [7, 11) is -5.26. The lowest BCUT2D eigenvalue weighted by atomic mass is 9.88. The quantitative estimate of drug-likeness (QED) is 0.0529. The summed E-state index contributed by atoms with van der Waals surface area (Å²) in [5.74, 6) is 2.35. The van der Waals surface area contributed by atoms with E-state index in [1.165, 1.54) is 42.1 Å². The van der Waals surface area contributed by atoms with Gasteiger partial charge in [-0.3, -0.25) is 13.7 Å².